The summed E-state index contributed by atoms with van der Waals surface area (Å²) in [5.41, 5.74) is 7.59. The second kappa shape index (κ2) is 6.29. The first-order chi connectivity index (χ1) is 9.10. The van der Waals surface area contributed by atoms with Crippen molar-refractivity contribution in [1.29, 1.82) is 0 Å². The summed E-state index contributed by atoms with van der Waals surface area (Å²) < 4.78 is 5.76. The van der Waals surface area contributed by atoms with Gasteiger partial charge in [-0.2, -0.15) is 0 Å². The number of benzene rings is 2. The van der Waals surface area contributed by atoms with E-state index < -0.39 is 0 Å². The monoisotopic (exact) mass is 295 g/mol. The van der Waals surface area contributed by atoms with Crippen LogP contribution in [0.4, 0.5) is 0 Å². The topological polar surface area (TPSA) is 35.2 Å². The minimum Gasteiger partial charge on any atom is -0.456 e. The van der Waals surface area contributed by atoms with Crippen molar-refractivity contribution in [2.24, 2.45) is 5.73 Å². The van der Waals surface area contributed by atoms with Gasteiger partial charge in [-0.1, -0.05) is 29.3 Å². The zero-order valence-corrected chi connectivity index (χ0v) is 12.1. The van der Waals surface area contributed by atoms with Crippen LogP contribution in [0.3, 0.4) is 0 Å². The van der Waals surface area contributed by atoms with Crippen LogP contribution < -0.4 is 10.5 Å². The van der Waals surface area contributed by atoms with Crippen LogP contribution in [0, 0.1) is 6.92 Å². The average molecular weight is 296 g/mol. The Hall–Kier alpha value is -1.22. The van der Waals surface area contributed by atoms with Gasteiger partial charge in [-0.15, -0.1) is 0 Å². The first-order valence-corrected chi connectivity index (χ1v) is 6.78. The van der Waals surface area contributed by atoms with Gasteiger partial charge in [0.2, 0.25) is 0 Å². The number of aryl methyl sites for hydroxylation is 1. The zero-order chi connectivity index (χ0) is 13.8. The number of ether oxygens (including phenoxy) is 1. The molecule has 0 amide bonds. The molecule has 2 aromatic carbocycles. The maximum absolute atomic E-state index is 6.19. The van der Waals surface area contributed by atoms with Crippen LogP contribution in [0.1, 0.15) is 11.1 Å². The fourth-order valence-corrected chi connectivity index (χ4v) is 2.12. The van der Waals surface area contributed by atoms with Crippen molar-refractivity contribution < 1.29 is 4.74 Å². The first kappa shape index (κ1) is 14.2. The van der Waals surface area contributed by atoms with Crippen molar-refractivity contribution >= 4 is 23.2 Å². The SMILES string of the molecule is Cc1cc(Oc2ccc(CCN)cc2Cl)ccc1Cl. The van der Waals surface area contributed by atoms with Gasteiger partial charge in [0.05, 0.1) is 5.02 Å². The second-order valence-electron chi connectivity index (χ2n) is 4.32. The highest BCUT2D eigenvalue weighted by Crippen LogP contribution is 2.31. The van der Waals surface area contributed by atoms with Crippen molar-refractivity contribution in [3.63, 3.8) is 0 Å². The van der Waals surface area contributed by atoms with E-state index in [1.54, 1.807) is 0 Å². The molecule has 4 heteroatoms. The summed E-state index contributed by atoms with van der Waals surface area (Å²) >= 11 is 12.2. The Kier molecular flexibility index (Phi) is 4.70. The molecular weight excluding hydrogens is 281 g/mol. The third-order valence-electron chi connectivity index (χ3n) is 2.79. The summed E-state index contributed by atoms with van der Waals surface area (Å²) in [4.78, 5) is 0. The Morgan fingerprint density at radius 2 is 1.84 bits per heavy atom. The maximum Gasteiger partial charge on any atom is 0.146 e. The largest absolute Gasteiger partial charge is 0.456 e. The van der Waals surface area contributed by atoms with Crippen molar-refractivity contribution in [2.45, 2.75) is 13.3 Å². The van der Waals surface area contributed by atoms with Gasteiger partial charge in [0, 0.05) is 5.02 Å². The molecular formula is C15H15Cl2NO. The van der Waals surface area contributed by atoms with Gasteiger partial charge < -0.3 is 10.5 Å². The molecule has 0 atom stereocenters. The minimum absolute atomic E-state index is 0.582. The second-order valence-corrected chi connectivity index (χ2v) is 5.13. The predicted octanol–water partition coefficient (Wildman–Crippen LogP) is 4.60. The minimum atomic E-state index is 0.582. The molecule has 0 fully saturated rings. The zero-order valence-electron chi connectivity index (χ0n) is 10.6. The summed E-state index contributed by atoms with van der Waals surface area (Å²) in [6, 6.07) is 11.2. The Labute approximate surface area is 123 Å². The molecule has 2 rings (SSSR count). The highest BCUT2D eigenvalue weighted by Gasteiger charge is 2.05. The van der Waals surface area contributed by atoms with Crippen molar-refractivity contribution in [3.8, 4) is 11.5 Å². The maximum atomic E-state index is 6.19. The van der Waals surface area contributed by atoms with Gasteiger partial charge in [0.15, 0.2) is 0 Å². The molecule has 2 nitrogen and oxygen atoms in total. The van der Waals surface area contributed by atoms with E-state index in [2.05, 4.69) is 0 Å². The van der Waals surface area contributed by atoms with Gasteiger partial charge in [0.1, 0.15) is 11.5 Å². The number of halogens is 2. The lowest BCUT2D eigenvalue weighted by Gasteiger charge is -2.10. The van der Waals surface area contributed by atoms with Crippen LogP contribution in [0.25, 0.3) is 0 Å². The lowest BCUT2D eigenvalue weighted by atomic mass is 10.1. The third-order valence-corrected chi connectivity index (χ3v) is 3.51. The molecule has 2 N–H and O–H groups in total. The van der Waals surface area contributed by atoms with Crippen LogP contribution in [0.5, 0.6) is 11.5 Å². The van der Waals surface area contributed by atoms with Gasteiger partial charge in [-0.05, 0) is 61.3 Å². The van der Waals surface area contributed by atoms with E-state index in [9.17, 15) is 0 Å². The van der Waals surface area contributed by atoms with Crippen LogP contribution >= 0.6 is 23.2 Å². The Bertz CT molecular complexity index is 584. The van der Waals surface area contributed by atoms with Crippen LogP contribution in [0.15, 0.2) is 36.4 Å². The Balaban J connectivity index is 2.20. The van der Waals surface area contributed by atoms with E-state index in [0.717, 1.165) is 28.3 Å². The molecule has 0 unspecified atom stereocenters. The molecule has 0 spiro atoms. The quantitative estimate of drug-likeness (QED) is 0.895. The van der Waals surface area contributed by atoms with Crippen LogP contribution in [0.2, 0.25) is 10.0 Å². The Morgan fingerprint density at radius 1 is 1.05 bits per heavy atom. The molecule has 0 heterocycles. The van der Waals surface area contributed by atoms with Gasteiger partial charge in [0.25, 0.3) is 0 Å². The molecule has 0 saturated carbocycles. The van der Waals surface area contributed by atoms with E-state index in [-0.39, 0.29) is 0 Å². The number of rotatable bonds is 4. The van der Waals surface area contributed by atoms with Crippen LogP contribution in [-0.2, 0) is 6.42 Å². The number of hydrogen-bond donors (Lipinski definition) is 1. The van der Waals surface area contributed by atoms with E-state index in [1.807, 2.05) is 43.3 Å². The van der Waals surface area contributed by atoms with Gasteiger partial charge >= 0.3 is 0 Å². The summed E-state index contributed by atoms with van der Waals surface area (Å²) in [7, 11) is 0. The fourth-order valence-electron chi connectivity index (χ4n) is 1.76. The first-order valence-electron chi connectivity index (χ1n) is 6.02. The van der Waals surface area contributed by atoms with E-state index in [4.69, 9.17) is 33.7 Å². The van der Waals surface area contributed by atoms with E-state index in [0.29, 0.717) is 17.3 Å². The molecule has 2 aromatic rings. The van der Waals surface area contributed by atoms with Gasteiger partial charge in [-0.25, -0.2) is 0 Å². The van der Waals surface area contributed by atoms with E-state index >= 15 is 0 Å². The Morgan fingerprint density at radius 3 is 2.47 bits per heavy atom. The average Bonchev–Trinajstić information content (AvgIpc) is 2.37. The van der Waals surface area contributed by atoms with Gasteiger partial charge in [-0.3, -0.25) is 0 Å². The molecule has 0 radical (unpaired) electrons. The molecule has 0 aliphatic rings. The molecule has 0 aliphatic heterocycles. The van der Waals surface area contributed by atoms with Crippen molar-refractivity contribution in [2.75, 3.05) is 6.54 Å². The smallest absolute Gasteiger partial charge is 0.146 e. The highest BCUT2D eigenvalue weighted by atomic mass is 35.5. The molecule has 0 aliphatic carbocycles. The van der Waals surface area contributed by atoms with E-state index in [1.165, 1.54) is 0 Å². The third kappa shape index (κ3) is 3.63. The molecule has 0 saturated heterocycles. The predicted molar refractivity (Wildman–Crippen MR) is 80.5 cm³/mol. The number of nitrogens with two attached hydrogens (primary N) is 1. The fraction of sp³-hybridized carbons (Fsp3) is 0.200. The van der Waals surface area contributed by atoms with Crippen LogP contribution in [-0.4, -0.2) is 6.54 Å². The van der Waals surface area contributed by atoms with Crippen molar-refractivity contribution in [1.82, 2.24) is 0 Å². The normalized spacial score (nSPS) is 10.5. The summed E-state index contributed by atoms with van der Waals surface area (Å²) in [5.74, 6) is 1.35. The number of hydrogen-bond acceptors (Lipinski definition) is 2. The summed E-state index contributed by atoms with van der Waals surface area (Å²) in [6.07, 6.45) is 0.806. The lowest BCUT2D eigenvalue weighted by Crippen LogP contribution is -2.02. The highest BCUT2D eigenvalue weighted by molar-refractivity contribution is 6.32. The molecule has 0 aromatic heterocycles. The van der Waals surface area contributed by atoms with Crippen molar-refractivity contribution in [3.05, 3.63) is 57.6 Å². The summed E-state index contributed by atoms with van der Waals surface area (Å²) in [6.45, 7) is 2.54. The summed E-state index contributed by atoms with van der Waals surface area (Å²) in [5, 5.41) is 1.30. The molecule has 0 bridgehead atoms. The molecule has 100 valence electrons. The standard InChI is InChI=1S/C15H15Cl2NO/c1-10-8-12(3-4-13(10)16)19-15-5-2-11(6-7-18)9-14(15)17/h2-5,8-9H,6-7,18H2,1H3. The molecule has 19 heavy (non-hydrogen) atoms. The lowest BCUT2D eigenvalue weighted by molar-refractivity contribution is 0.482.